The lowest BCUT2D eigenvalue weighted by atomic mass is 9.84. The van der Waals surface area contributed by atoms with Gasteiger partial charge >= 0.3 is 5.97 Å². The number of carbonyl (C=O) groups is 6. The van der Waals surface area contributed by atoms with Gasteiger partial charge in [-0.25, -0.2) is 10.2 Å². The number of ether oxygens (including phenoxy) is 1. The Bertz CT molecular complexity index is 1570. The van der Waals surface area contributed by atoms with Crippen LogP contribution in [0, 0.1) is 17.8 Å². The molecule has 53 heavy (non-hydrogen) atoms. The van der Waals surface area contributed by atoms with Crippen LogP contribution in [0.15, 0.2) is 59.9 Å². The number of ketones is 1. The number of aldehydes is 1. The van der Waals surface area contributed by atoms with E-state index < -0.39 is 71.8 Å². The number of carbonyl (C=O) groups excluding carboxylic acids is 6. The van der Waals surface area contributed by atoms with Crippen LogP contribution in [0.1, 0.15) is 78.7 Å². The van der Waals surface area contributed by atoms with E-state index in [0.717, 1.165) is 0 Å². The lowest BCUT2D eigenvalue weighted by molar-refractivity contribution is -0.150. The fourth-order valence-corrected chi connectivity index (χ4v) is 6.20. The monoisotopic (exact) mass is 738 g/mol. The number of allylic oxidation sites excluding steroid dienone is 4. The average molecular weight is 739 g/mol. The molecular weight excluding hydrogens is 684 g/mol. The van der Waals surface area contributed by atoms with Crippen molar-refractivity contribution in [2.75, 3.05) is 6.54 Å². The third-order valence-electron chi connectivity index (χ3n) is 9.53. The zero-order chi connectivity index (χ0) is 39.2. The number of cyclic esters (lactones) is 1. The predicted octanol–water partition coefficient (Wildman–Crippen LogP) is 2.32. The Morgan fingerprint density at radius 1 is 1.08 bits per heavy atom. The number of hydrazine groups is 1. The summed E-state index contributed by atoms with van der Waals surface area (Å²) in [7, 11) is 0. The summed E-state index contributed by atoms with van der Waals surface area (Å²) in [4.78, 5) is 78.6. The zero-order valence-corrected chi connectivity index (χ0v) is 31.1. The van der Waals surface area contributed by atoms with E-state index in [2.05, 4.69) is 16.1 Å². The molecule has 2 bridgehead atoms. The van der Waals surface area contributed by atoms with Gasteiger partial charge in [0.25, 0.3) is 5.91 Å². The van der Waals surface area contributed by atoms with Gasteiger partial charge in [0.2, 0.25) is 11.8 Å². The van der Waals surface area contributed by atoms with Crippen LogP contribution in [-0.4, -0.2) is 93.0 Å². The largest absolute Gasteiger partial charge is 0.508 e. The Morgan fingerprint density at radius 3 is 2.47 bits per heavy atom. The molecule has 2 aliphatic rings. The van der Waals surface area contributed by atoms with E-state index in [0.29, 0.717) is 30.3 Å². The highest BCUT2D eigenvalue weighted by Crippen LogP contribution is 2.24. The molecule has 0 spiro atoms. The van der Waals surface area contributed by atoms with E-state index in [1.165, 1.54) is 36.2 Å². The third-order valence-corrected chi connectivity index (χ3v) is 9.53. The molecule has 14 nitrogen and oxygen atoms in total. The van der Waals surface area contributed by atoms with Gasteiger partial charge < -0.3 is 40.3 Å². The molecule has 0 unspecified atom stereocenters. The number of esters is 1. The Labute approximate surface area is 310 Å². The van der Waals surface area contributed by atoms with Crippen LogP contribution in [0.3, 0.4) is 0 Å². The molecule has 1 aromatic rings. The number of fused-ring (bicyclic) bond motifs is 2. The van der Waals surface area contributed by atoms with Gasteiger partial charge in [-0.05, 0) is 62.3 Å². The van der Waals surface area contributed by atoms with E-state index in [9.17, 15) is 44.1 Å². The minimum atomic E-state index is -1.41. The SMILES string of the molecule is CC(=O)CC[C@H]1C(=O)N[C@@H](C(C)C)C(=O)N[C@@H](Cc2cccc(O)c2)C(=O)N2CCC[C@H](N2)C(=O)OC(=C(C)CC=O)CC=CC=C[C@@H](O)[C@H](C)[C@H]1O. The molecule has 0 radical (unpaired) electrons. The molecule has 1 fully saturated rings. The smallest absolute Gasteiger partial charge is 0.330 e. The summed E-state index contributed by atoms with van der Waals surface area (Å²) in [6, 6.07) is 2.90. The van der Waals surface area contributed by atoms with Crippen LogP contribution in [0.2, 0.25) is 0 Å². The number of hydrogen-bond donors (Lipinski definition) is 6. The molecule has 0 aliphatic carbocycles. The molecule has 3 rings (SSSR count). The van der Waals surface area contributed by atoms with Gasteiger partial charge in [-0.2, -0.15) is 0 Å². The number of aromatic hydroxyl groups is 1. The first-order valence-electron chi connectivity index (χ1n) is 18.1. The number of aliphatic hydroxyl groups excluding tert-OH is 2. The quantitative estimate of drug-likeness (QED) is 0.168. The lowest BCUT2D eigenvalue weighted by Gasteiger charge is -2.36. The summed E-state index contributed by atoms with van der Waals surface area (Å²) in [6.07, 6.45) is 5.13. The molecular formula is C39H54N4O10. The Morgan fingerprint density at radius 2 is 1.81 bits per heavy atom. The van der Waals surface area contributed by atoms with Crippen LogP contribution in [0.4, 0.5) is 0 Å². The highest BCUT2D eigenvalue weighted by molar-refractivity contribution is 5.93. The van der Waals surface area contributed by atoms with Gasteiger partial charge in [-0.3, -0.25) is 19.4 Å². The van der Waals surface area contributed by atoms with Crippen molar-refractivity contribution in [2.24, 2.45) is 17.8 Å². The third kappa shape index (κ3) is 12.8. The summed E-state index contributed by atoms with van der Waals surface area (Å²) < 4.78 is 5.77. The van der Waals surface area contributed by atoms with Crippen LogP contribution in [0.25, 0.3) is 0 Å². The first kappa shape index (κ1) is 42.8. The van der Waals surface area contributed by atoms with Crippen LogP contribution in [0.5, 0.6) is 5.75 Å². The number of hydrogen-bond acceptors (Lipinski definition) is 11. The van der Waals surface area contributed by atoms with Crippen LogP contribution < -0.4 is 16.1 Å². The maximum Gasteiger partial charge on any atom is 0.330 e. The highest BCUT2D eigenvalue weighted by Gasteiger charge is 2.38. The minimum Gasteiger partial charge on any atom is -0.508 e. The number of phenolic OH excluding ortho intramolecular Hbond substituents is 1. The summed E-state index contributed by atoms with van der Waals surface area (Å²) in [5.74, 6) is -5.15. The highest BCUT2D eigenvalue weighted by atomic mass is 16.5. The molecule has 1 aromatic carbocycles. The van der Waals surface area contributed by atoms with E-state index in [1.807, 2.05) is 0 Å². The Balaban J connectivity index is 2.08. The number of rotatable bonds is 8. The number of aliphatic hydroxyl groups is 2. The Hall–Kier alpha value is -4.66. The second-order valence-corrected chi connectivity index (χ2v) is 14.2. The molecule has 1 saturated heterocycles. The van der Waals surface area contributed by atoms with Gasteiger partial charge in [-0.15, -0.1) is 0 Å². The zero-order valence-electron chi connectivity index (χ0n) is 31.1. The molecule has 0 aromatic heterocycles. The summed E-state index contributed by atoms with van der Waals surface area (Å²) in [5.41, 5.74) is 4.00. The van der Waals surface area contributed by atoms with Crippen LogP contribution >= 0.6 is 0 Å². The summed E-state index contributed by atoms with van der Waals surface area (Å²) in [6.45, 7) is 8.20. The number of benzene rings is 1. The maximum absolute atomic E-state index is 14.1. The standard InChI is InChI=1S/C39H54N4O10/c1-23(2)34-37(50)40-31(22-27-11-9-12-28(46)21-27)38(51)43-19-10-13-30(42-43)39(52)53-33(24(3)18-20-44)15-8-6-7-14-32(47)26(5)35(48)29(36(49)41-34)17-16-25(4)45/h6-9,11-12,14,20-21,23,26,29-32,34-35,42,46-48H,10,13,15-19,22H2,1-5H3,(H,40,50)(H,41,49)/t26-,29+,30-,31-,32+,34-,35+/m0/s1. The van der Waals surface area contributed by atoms with E-state index in [1.54, 1.807) is 52.0 Å². The lowest BCUT2D eigenvalue weighted by Crippen LogP contribution is -2.62. The molecule has 2 aliphatic heterocycles. The summed E-state index contributed by atoms with van der Waals surface area (Å²) in [5, 5.41) is 39.2. The second-order valence-electron chi connectivity index (χ2n) is 14.2. The first-order valence-corrected chi connectivity index (χ1v) is 18.1. The topological polar surface area (TPSA) is 212 Å². The van der Waals surface area contributed by atoms with Crippen molar-refractivity contribution < 1.29 is 48.8 Å². The van der Waals surface area contributed by atoms with Gasteiger partial charge in [0, 0.05) is 38.1 Å². The number of Topliss-reactive ketones (excluding diaryl/α,β-unsaturated/α-hetero) is 1. The number of amides is 3. The van der Waals surface area contributed by atoms with Crippen molar-refractivity contribution >= 4 is 35.8 Å². The van der Waals surface area contributed by atoms with Gasteiger partial charge in [0.1, 0.15) is 41.7 Å². The normalized spacial score (nSPS) is 27.9. The van der Waals surface area contributed by atoms with Gasteiger partial charge in [0.05, 0.1) is 18.1 Å². The minimum absolute atomic E-state index is 0.0231. The number of phenols is 1. The van der Waals surface area contributed by atoms with Crippen molar-refractivity contribution in [2.45, 2.75) is 110 Å². The molecule has 6 N–H and O–H groups in total. The fourth-order valence-electron chi connectivity index (χ4n) is 6.20. The molecule has 2 heterocycles. The number of nitrogens with zero attached hydrogens (tertiary/aromatic N) is 1. The molecule has 0 saturated carbocycles. The van der Waals surface area contributed by atoms with Gasteiger partial charge in [0.15, 0.2) is 0 Å². The molecule has 3 amide bonds. The molecule has 290 valence electrons. The maximum atomic E-state index is 14.1. The molecule has 14 heteroatoms. The van der Waals surface area contributed by atoms with E-state index >= 15 is 0 Å². The van der Waals surface area contributed by atoms with Crippen molar-refractivity contribution in [3.63, 3.8) is 0 Å². The van der Waals surface area contributed by atoms with Crippen molar-refractivity contribution in [1.82, 2.24) is 21.1 Å². The van der Waals surface area contributed by atoms with Crippen LogP contribution in [-0.2, 0) is 39.9 Å². The summed E-state index contributed by atoms with van der Waals surface area (Å²) >= 11 is 0. The predicted molar refractivity (Wildman–Crippen MR) is 195 cm³/mol. The Kier molecular flexibility index (Phi) is 16.6. The molecule has 7 atom stereocenters. The van der Waals surface area contributed by atoms with E-state index in [4.69, 9.17) is 4.74 Å². The fraction of sp³-hybridized carbons (Fsp3) is 0.538. The van der Waals surface area contributed by atoms with E-state index in [-0.39, 0.29) is 55.9 Å². The van der Waals surface area contributed by atoms with Gasteiger partial charge in [-0.1, -0.05) is 57.2 Å². The second kappa shape index (κ2) is 20.5. The van der Waals surface area contributed by atoms with Crippen molar-refractivity contribution in [1.29, 1.82) is 0 Å². The first-order chi connectivity index (χ1) is 25.1. The van der Waals surface area contributed by atoms with Crippen molar-refractivity contribution in [3.05, 3.63) is 65.5 Å². The average Bonchev–Trinajstić information content (AvgIpc) is 3.11. The van der Waals surface area contributed by atoms with Crippen molar-refractivity contribution in [3.8, 4) is 5.75 Å². The number of nitrogens with one attached hydrogen (secondary N) is 3.